The molecule has 0 spiro atoms. The van der Waals surface area contributed by atoms with Crippen LogP contribution in [0.25, 0.3) is 0 Å². The van der Waals surface area contributed by atoms with Gasteiger partial charge in [0.2, 0.25) is 12.0 Å². The zero-order valence-corrected chi connectivity index (χ0v) is 10.5. The van der Waals surface area contributed by atoms with Crippen molar-refractivity contribution in [3.63, 3.8) is 0 Å². The first-order valence-electron chi connectivity index (χ1n) is 3.58. The number of carbonyl (C=O) groups excluding carboxylic acids is 1. The van der Waals surface area contributed by atoms with Gasteiger partial charge in [-0.15, -0.1) is 24.0 Å². The molecular weight excluding hydrogens is 279 g/mol. The Hall–Kier alpha value is -0.490. The molecule has 3 N–H and O–H groups in total. The van der Waals surface area contributed by atoms with Crippen LogP contribution in [0.4, 0.5) is 0 Å². The molecule has 0 radical (unpaired) electrons. The van der Waals surface area contributed by atoms with E-state index in [9.17, 15) is 4.79 Å². The molecule has 0 saturated heterocycles. The molecule has 0 amide bonds. The van der Waals surface area contributed by atoms with Gasteiger partial charge in [-0.2, -0.15) is 4.57 Å². The van der Waals surface area contributed by atoms with Gasteiger partial charge in [-0.05, 0) is 19.4 Å². The number of rotatable bonds is 1. The lowest BCUT2D eigenvalue weighted by atomic mass is 10.1. The highest BCUT2D eigenvalue weighted by Gasteiger charge is 2.09. The van der Waals surface area contributed by atoms with Gasteiger partial charge in [0.25, 0.3) is 0 Å². The number of aryl methyl sites for hydroxylation is 2. The van der Waals surface area contributed by atoms with Crippen LogP contribution in [0.1, 0.15) is 21.6 Å². The van der Waals surface area contributed by atoms with E-state index in [0.717, 1.165) is 23.1 Å². The minimum atomic E-state index is 0. The van der Waals surface area contributed by atoms with Gasteiger partial charge in [0, 0.05) is 11.6 Å². The molecule has 0 aromatic carbocycles. The van der Waals surface area contributed by atoms with E-state index >= 15 is 0 Å². The van der Waals surface area contributed by atoms with E-state index in [1.807, 2.05) is 37.7 Å². The van der Waals surface area contributed by atoms with Crippen LogP contribution in [0.2, 0.25) is 0 Å². The molecule has 74 valence electrons. The van der Waals surface area contributed by atoms with Crippen LogP contribution in [0.15, 0.2) is 12.3 Å². The molecule has 0 unspecified atom stereocenters. The summed E-state index contributed by atoms with van der Waals surface area (Å²) >= 11 is 0. The first-order valence-corrected chi connectivity index (χ1v) is 3.58. The first kappa shape index (κ1) is 15.0. The molecule has 13 heavy (non-hydrogen) atoms. The van der Waals surface area contributed by atoms with E-state index in [-0.39, 0.29) is 30.1 Å². The Balaban J connectivity index is 0. The molecule has 0 aliphatic carbocycles. The third-order valence-electron chi connectivity index (χ3n) is 2.02. The molecule has 0 fully saturated rings. The molecule has 0 atom stereocenters. The predicted molar refractivity (Wildman–Crippen MR) is 62.9 cm³/mol. The fraction of sp³-hybridized carbons (Fsp3) is 0.333. The van der Waals surface area contributed by atoms with Crippen molar-refractivity contribution >= 4 is 30.3 Å². The second-order valence-electron chi connectivity index (χ2n) is 2.74. The fourth-order valence-electron chi connectivity index (χ4n) is 1.07. The van der Waals surface area contributed by atoms with Crippen molar-refractivity contribution in [1.29, 1.82) is 0 Å². The lowest BCUT2D eigenvalue weighted by molar-refractivity contribution is -0.673. The van der Waals surface area contributed by atoms with E-state index in [4.69, 9.17) is 0 Å². The molecule has 0 bridgehead atoms. The lowest BCUT2D eigenvalue weighted by Gasteiger charge is -1.99. The molecule has 0 saturated carbocycles. The number of aromatic nitrogens is 1. The van der Waals surface area contributed by atoms with Crippen LogP contribution in [-0.4, -0.2) is 6.29 Å². The van der Waals surface area contributed by atoms with Crippen molar-refractivity contribution in [2.24, 2.45) is 7.05 Å². The van der Waals surface area contributed by atoms with Crippen molar-refractivity contribution < 1.29 is 9.36 Å². The van der Waals surface area contributed by atoms with Gasteiger partial charge in [-0.1, -0.05) is 0 Å². The quantitative estimate of drug-likeness (QED) is 0.487. The normalized spacial score (nSPS) is 8.23. The maximum atomic E-state index is 10.6. The van der Waals surface area contributed by atoms with Crippen molar-refractivity contribution in [2.45, 2.75) is 13.8 Å². The predicted octanol–water partition coefficient (Wildman–Crippen LogP) is 1.72. The standard InChI is InChI=1S/C9H12NO.HI.H3N/c1-7-4-5-10(3)9(6-11)8(7)2;;/h4-6H,1-3H3;1H;1H3/q+1;;. The number of hydrogen-bond acceptors (Lipinski definition) is 2. The van der Waals surface area contributed by atoms with E-state index in [0.29, 0.717) is 0 Å². The minimum absolute atomic E-state index is 0. The fourth-order valence-corrected chi connectivity index (χ4v) is 1.07. The van der Waals surface area contributed by atoms with E-state index in [1.165, 1.54) is 0 Å². The molecule has 4 heteroatoms. The second-order valence-corrected chi connectivity index (χ2v) is 2.74. The minimum Gasteiger partial charge on any atom is -0.344 e. The van der Waals surface area contributed by atoms with E-state index < -0.39 is 0 Å². The Morgan fingerprint density at radius 3 is 2.31 bits per heavy atom. The Labute approximate surface area is 95.8 Å². The summed E-state index contributed by atoms with van der Waals surface area (Å²) in [4.78, 5) is 10.6. The molecule has 1 aromatic rings. The van der Waals surface area contributed by atoms with Gasteiger partial charge in [0.1, 0.15) is 7.05 Å². The van der Waals surface area contributed by atoms with Crippen LogP contribution in [-0.2, 0) is 7.05 Å². The summed E-state index contributed by atoms with van der Waals surface area (Å²) < 4.78 is 1.83. The third kappa shape index (κ3) is 3.04. The number of pyridine rings is 1. The summed E-state index contributed by atoms with van der Waals surface area (Å²) in [5, 5.41) is 0. The monoisotopic (exact) mass is 295 g/mol. The Kier molecular flexibility index (Phi) is 6.97. The molecule has 1 aromatic heterocycles. The van der Waals surface area contributed by atoms with Crippen molar-refractivity contribution in [2.75, 3.05) is 0 Å². The highest BCUT2D eigenvalue weighted by atomic mass is 127. The summed E-state index contributed by atoms with van der Waals surface area (Å²) in [7, 11) is 1.87. The van der Waals surface area contributed by atoms with Gasteiger partial charge in [0.15, 0.2) is 6.20 Å². The average molecular weight is 295 g/mol. The Bertz CT molecular complexity index is 300. The van der Waals surface area contributed by atoms with Gasteiger partial charge in [-0.25, -0.2) is 0 Å². The third-order valence-corrected chi connectivity index (χ3v) is 2.02. The molecule has 3 nitrogen and oxygen atoms in total. The smallest absolute Gasteiger partial charge is 0.248 e. The summed E-state index contributed by atoms with van der Waals surface area (Å²) in [5.74, 6) is 0. The second kappa shape index (κ2) is 6.04. The number of aldehydes is 1. The number of hydrogen-bond donors (Lipinski definition) is 1. The first-order chi connectivity index (χ1) is 5.16. The largest absolute Gasteiger partial charge is 0.344 e. The SMILES string of the molecule is Cc1cc[n+](C)c(C=O)c1C.I.N. The molecule has 1 rings (SSSR count). The number of halogens is 1. The highest BCUT2D eigenvalue weighted by molar-refractivity contribution is 14.0. The van der Waals surface area contributed by atoms with E-state index in [2.05, 4.69) is 0 Å². The number of nitrogens with zero attached hydrogens (tertiary/aromatic N) is 1. The van der Waals surface area contributed by atoms with Crippen LogP contribution >= 0.6 is 24.0 Å². The van der Waals surface area contributed by atoms with Crippen molar-refractivity contribution in [3.05, 3.63) is 29.1 Å². The van der Waals surface area contributed by atoms with Crippen LogP contribution < -0.4 is 10.7 Å². The van der Waals surface area contributed by atoms with Crippen molar-refractivity contribution in [1.82, 2.24) is 6.15 Å². The van der Waals surface area contributed by atoms with Crippen molar-refractivity contribution in [3.8, 4) is 0 Å². The molecular formula is C9H16IN2O+. The summed E-state index contributed by atoms with van der Waals surface area (Å²) in [5.41, 5.74) is 2.97. The summed E-state index contributed by atoms with van der Waals surface area (Å²) in [6, 6.07) is 2.00. The average Bonchev–Trinajstić information content (AvgIpc) is 1.99. The zero-order chi connectivity index (χ0) is 8.43. The molecule has 0 aliphatic rings. The van der Waals surface area contributed by atoms with E-state index in [1.54, 1.807) is 0 Å². The maximum absolute atomic E-state index is 10.6. The summed E-state index contributed by atoms with van der Waals surface area (Å²) in [6.07, 6.45) is 2.79. The van der Waals surface area contributed by atoms with Crippen LogP contribution in [0.3, 0.4) is 0 Å². The van der Waals surface area contributed by atoms with Gasteiger partial charge >= 0.3 is 0 Å². The van der Waals surface area contributed by atoms with Crippen LogP contribution in [0.5, 0.6) is 0 Å². The lowest BCUT2D eigenvalue weighted by Crippen LogP contribution is -2.34. The summed E-state index contributed by atoms with van der Waals surface area (Å²) in [6.45, 7) is 3.96. The molecule has 1 heterocycles. The molecule has 0 aliphatic heterocycles. The topological polar surface area (TPSA) is 56.0 Å². The van der Waals surface area contributed by atoms with Gasteiger partial charge in [0.05, 0.1) is 0 Å². The maximum Gasteiger partial charge on any atom is 0.248 e. The number of carbonyl (C=O) groups is 1. The van der Waals surface area contributed by atoms with Gasteiger partial charge < -0.3 is 6.15 Å². The van der Waals surface area contributed by atoms with Crippen LogP contribution in [0, 0.1) is 13.8 Å². The zero-order valence-electron chi connectivity index (χ0n) is 8.20. The Morgan fingerprint density at radius 1 is 1.38 bits per heavy atom. The Morgan fingerprint density at radius 2 is 1.92 bits per heavy atom. The highest BCUT2D eigenvalue weighted by Crippen LogP contribution is 2.05. The van der Waals surface area contributed by atoms with Gasteiger partial charge in [-0.3, -0.25) is 4.79 Å².